The minimum Gasteiger partial charge on any atom is -0.376 e. The van der Waals surface area contributed by atoms with Crippen molar-refractivity contribution in [3.05, 3.63) is 0 Å². The first-order chi connectivity index (χ1) is 8.70. The van der Waals surface area contributed by atoms with E-state index in [-0.39, 0.29) is 0 Å². The van der Waals surface area contributed by atoms with Crippen molar-refractivity contribution in [1.82, 2.24) is 4.90 Å². The molecule has 0 bridgehead atoms. The van der Waals surface area contributed by atoms with Gasteiger partial charge in [-0.25, -0.2) is 0 Å². The Labute approximate surface area is 112 Å². The van der Waals surface area contributed by atoms with Gasteiger partial charge in [-0.05, 0) is 32.1 Å². The highest BCUT2D eigenvalue weighted by Crippen LogP contribution is 2.27. The van der Waals surface area contributed by atoms with Crippen molar-refractivity contribution in [2.45, 2.75) is 70.6 Å². The third kappa shape index (κ3) is 3.69. The second kappa shape index (κ2) is 6.88. The van der Waals surface area contributed by atoms with Crippen molar-refractivity contribution in [3.63, 3.8) is 0 Å². The molecule has 3 heteroatoms. The molecule has 1 aliphatic heterocycles. The number of morpholine rings is 1. The summed E-state index contributed by atoms with van der Waals surface area (Å²) < 4.78 is 5.76. The third-order valence-corrected chi connectivity index (χ3v) is 4.75. The first-order valence-electron chi connectivity index (χ1n) is 7.82. The van der Waals surface area contributed by atoms with Crippen LogP contribution in [0, 0.1) is 5.92 Å². The van der Waals surface area contributed by atoms with E-state index in [2.05, 4.69) is 18.7 Å². The van der Waals surface area contributed by atoms with Gasteiger partial charge in [-0.2, -0.15) is 0 Å². The van der Waals surface area contributed by atoms with Crippen LogP contribution in [-0.4, -0.2) is 42.8 Å². The van der Waals surface area contributed by atoms with Crippen LogP contribution in [-0.2, 0) is 4.74 Å². The summed E-state index contributed by atoms with van der Waals surface area (Å²) >= 11 is 0. The number of nitrogens with two attached hydrogens (primary N) is 1. The zero-order valence-corrected chi connectivity index (χ0v) is 12.1. The number of hydrogen-bond donors (Lipinski definition) is 1. The molecule has 2 aliphatic rings. The molecule has 2 N–H and O–H groups in total. The van der Waals surface area contributed by atoms with E-state index in [0.717, 1.165) is 25.6 Å². The molecule has 106 valence electrons. The van der Waals surface area contributed by atoms with Gasteiger partial charge in [0.2, 0.25) is 0 Å². The molecular formula is C15H30N2O. The summed E-state index contributed by atoms with van der Waals surface area (Å²) in [5, 5.41) is 0. The highest BCUT2D eigenvalue weighted by Gasteiger charge is 2.29. The molecule has 0 aromatic heterocycles. The summed E-state index contributed by atoms with van der Waals surface area (Å²) in [6.07, 6.45) is 8.41. The van der Waals surface area contributed by atoms with E-state index in [9.17, 15) is 0 Å². The molecule has 0 aromatic rings. The minimum absolute atomic E-state index is 0.365. The minimum atomic E-state index is 0.365. The van der Waals surface area contributed by atoms with Crippen LogP contribution >= 0.6 is 0 Å². The quantitative estimate of drug-likeness (QED) is 0.837. The van der Waals surface area contributed by atoms with Crippen LogP contribution in [0.25, 0.3) is 0 Å². The van der Waals surface area contributed by atoms with Crippen molar-refractivity contribution in [1.29, 1.82) is 0 Å². The van der Waals surface area contributed by atoms with E-state index in [1.54, 1.807) is 0 Å². The van der Waals surface area contributed by atoms with Crippen LogP contribution < -0.4 is 5.73 Å². The summed E-state index contributed by atoms with van der Waals surface area (Å²) in [6, 6.07) is 0.945. The summed E-state index contributed by atoms with van der Waals surface area (Å²) in [5.41, 5.74) is 6.46. The van der Waals surface area contributed by atoms with Crippen molar-refractivity contribution in [3.8, 4) is 0 Å². The normalized spacial score (nSPS) is 33.5. The Bertz CT molecular complexity index is 241. The predicted octanol–water partition coefficient (Wildman–Crippen LogP) is 2.39. The Morgan fingerprint density at radius 3 is 2.67 bits per heavy atom. The summed E-state index contributed by atoms with van der Waals surface area (Å²) in [7, 11) is 0. The fraction of sp³-hybridized carbons (Fsp3) is 1.00. The molecule has 1 heterocycles. The Kier molecular flexibility index (Phi) is 5.46. The molecule has 0 spiro atoms. The number of rotatable bonds is 4. The van der Waals surface area contributed by atoms with Crippen molar-refractivity contribution < 1.29 is 4.74 Å². The topological polar surface area (TPSA) is 38.5 Å². The standard InChI is InChI=1S/C15H30N2O/c1-3-14-11-18-12(2)9-17(14)10-15(16)13-7-5-4-6-8-13/h12-15H,3-11,16H2,1-2H3. The van der Waals surface area contributed by atoms with E-state index in [4.69, 9.17) is 10.5 Å². The highest BCUT2D eigenvalue weighted by molar-refractivity contribution is 4.84. The van der Waals surface area contributed by atoms with Gasteiger partial charge in [0.05, 0.1) is 12.7 Å². The first kappa shape index (κ1) is 14.3. The summed E-state index contributed by atoms with van der Waals surface area (Å²) in [5.74, 6) is 0.759. The van der Waals surface area contributed by atoms with Crippen LogP contribution in [0.5, 0.6) is 0 Å². The lowest BCUT2D eigenvalue weighted by atomic mass is 9.84. The van der Waals surface area contributed by atoms with Gasteiger partial charge in [0.25, 0.3) is 0 Å². The average molecular weight is 254 g/mol. The lowest BCUT2D eigenvalue weighted by Gasteiger charge is -2.41. The molecule has 1 saturated heterocycles. The van der Waals surface area contributed by atoms with E-state index in [1.165, 1.54) is 38.5 Å². The second-order valence-electron chi connectivity index (χ2n) is 6.22. The Hall–Kier alpha value is -0.120. The number of ether oxygens (including phenoxy) is 1. The van der Waals surface area contributed by atoms with E-state index in [1.807, 2.05) is 0 Å². The molecule has 0 amide bonds. The van der Waals surface area contributed by atoms with Crippen LogP contribution in [0.2, 0.25) is 0 Å². The monoisotopic (exact) mass is 254 g/mol. The lowest BCUT2D eigenvalue weighted by Crippen LogP contribution is -2.53. The molecule has 3 nitrogen and oxygen atoms in total. The van der Waals surface area contributed by atoms with E-state index < -0.39 is 0 Å². The smallest absolute Gasteiger partial charge is 0.0674 e. The predicted molar refractivity (Wildman–Crippen MR) is 75.6 cm³/mol. The maximum atomic E-state index is 6.46. The Balaban J connectivity index is 1.85. The summed E-state index contributed by atoms with van der Waals surface area (Å²) in [6.45, 7) is 7.43. The van der Waals surface area contributed by atoms with Crippen LogP contribution in [0.1, 0.15) is 52.4 Å². The summed E-state index contributed by atoms with van der Waals surface area (Å²) in [4.78, 5) is 2.58. The largest absolute Gasteiger partial charge is 0.376 e. The number of nitrogens with zero attached hydrogens (tertiary/aromatic N) is 1. The molecule has 2 rings (SSSR count). The van der Waals surface area contributed by atoms with Crippen LogP contribution in [0.4, 0.5) is 0 Å². The van der Waals surface area contributed by atoms with Gasteiger partial charge in [-0.3, -0.25) is 4.90 Å². The fourth-order valence-corrected chi connectivity index (χ4v) is 3.49. The first-order valence-corrected chi connectivity index (χ1v) is 7.82. The van der Waals surface area contributed by atoms with Gasteiger partial charge in [-0.1, -0.05) is 26.2 Å². The van der Waals surface area contributed by atoms with Gasteiger partial charge >= 0.3 is 0 Å². The van der Waals surface area contributed by atoms with Crippen LogP contribution in [0.15, 0.2) is 0 Å². The highest BCUT2D eigenvalue weighted by atomic mass is 16.5. The zero-order chi connectivity index (χ0) is 13.0. The Morgan fingerprint density at radius 2 is 2.00 bits per heavy atom. The van der Waals surface area contributed by atoms with Crippen molar-refractivity contribution >= 4 is 0 Å². The van der Waals surface area contributed by atoms with Gasteiger partial charge in [-0.15, -0.1) is 0 Å². The maximum Gasteiger partial charge on any atom is 0.0674 e. The van der Waals surface area contributed by atoms with E-state index in [0.29, 0.717) is 18.2 Å². The van der Waals surface area contributed by atoms with Gasteiger partial charge in [0.1, 0.15) is 0 Å². The van der Waals surface area contributed by atoms with Crippen molar-refractivity contribution in [2.24, 2.45) is 11.7 Å². The molecule has 3 atom stereocenters. The SMILES string of the molecule is CCC1COC(C)CN1CC(N)C1CCCCC1. The zero-order valence-electron chi connectivity index (χ0n) is 12.1. The number of hydrogen-bond acceptors (Lipinski definition) is 3. The molecule has 1 aliphatic carbocycles. The molecule has 0 radical (unpaired) electrons. The second-order valence-corrected chi connectivity index (χ2v) is 6.22. The van der Waals surface area contributed by atoms with Crippen molar-refractivity contribution in [2.75, 3.05) is 19.7 Å². The molecular weight excluding hydrogens is 224 g/mol. The maximum absolute atomic E-state index is 6.46. The molecule has 18 heavy (non-hydrogen) atoms. The van der Waals surface area contributed by atoms with E-state index >= 15 is 0 Å². The van der Waals surface area contributed by atoms with Gasteiger partial charge < -0.3 is 10.5 Å². The molecule has 3 unspecified atom stereocenters. The fourth-order valence-electron chi connectivity index (χ4n) is 3.49. The van der Waals surface area contributed by atoms with Gasteiger partial charge in [0, 0.05) is 25.2 Å². The molecule has 2 fully saturated rings. The van der Waals surface area contributed by atoms with Crippen LogP contribution in [0.3, 0.4) is 0 Å². The Morgan fingerprint density at radius 1 is 1.28 bits per heavy atom. The lowest BCUT2D eigenvalue weighted by molar-refractivity contribution is -0.0594. The molecule has 0 aromatic carbocycles. The third-order valence-electron chi connectivity index (χ3n) is 4.75. The van der Waals surface area contributed by atoms with Gasteiger partial charge in [0.15, 0.2) is 0 Å². The molecule has 1 saturated carbocycles. The average Bonchev–Trinajstić information content (AvgIpc) is 2.40.